The van der Waals surface area contributed by atoms with Crippen LogP contribution < -0.4 is 0 Å². The smallest absolute Gasteiger partial charge is 0.159 e. The number of Topliss-reactive ketones (excluding diaryl/α,β-unsaturated/α-hetero) is 1. The second kappa shape index (κ2) is 5.42. The summed E-state index contributed by atoms with van der Waals surface area (Å²) >= 11 is 0. The Bertz CT molecular complexity index is 547. The molecule has 0 amide bonds. The van der Waals surface area contributed by atoms with Crippen LogP contribution >= 0.6 is 0 Å². The fourth-order valence-corrected chi connectivity index (χ4v) is 5.86. The zero-order valence-electron chi connectivity index (χ0n) is 15.1. The summed E-state index contributed by atoms with van der Waals surface area (Å²) in [4.78, 5) is 12.9. The molecule has 3 rings (SSSR count). The summed E-state index contributed by atoms with van der Waals surface area (Å²) in [7, 11) is 0. The fourth-order valence-electron chi connectivity index (χ4n) is 5.86. The van der Waals surface area contributed by atoms with Gasteiger partial charge in [-0.3, -0.25) is 4.79 Å². The second-order valence-electron chi connectivity index (χ2n) is 9.43. The highest BCUT2D eigenvalue weighted by atomic mass is 16.3. The predicted molar refractivity (Wildman–Crippen MR) is 90.9 cm³/mol. The fraction of sp³-hybridized carbons (Fsp3) is 0.850. The summed E-state index contributed by atoms with van der Waals surface area (Å²) in [6.07, 6.45) is 5.95. The molecule has 2 N–H and O–H groups in total. The van der Waals surface area contributed by atoms with Crippen LogP contribution in [0.5, 0.6) is 0 Å². The van der Waals surface area contributed by atoms with E-state index in [1.807, 2.05) is 6.92 Å². The van der Waals surface area contributed by atoms with Crippen LogP contribution in [0, 0.1) is 22.2 Å². The van der Waals surface area contributed by atoms with Gasteiger partial charge >= 0.3 is 0 Å². The lowest BCUT2D eigenvalue weighted by Crippen LogP contribution is -2.50. The van der Waals surface area contributed by atoms with E-state index in [0.29, 0.717) is 24.5 Å². The molecule has 4 atom stereocenters. The molecule has 0 heterocycles. The molecular weight excluding hydrogens is 288 g/mol. The Morgan fingerprint density at radius 3 is 2.52 bits per heavy atom. The summed E-state index contributed by atoms with van der Waals surface area (Å²) < 4.78 is 0. The Balaban J connectivity index is 2.01. The van der Waals surface area contributed by atoms with E-state index >= 15 is 0 Å². The van der Waals surface area contributed by atoms with E-state index in [1.54, 1.807) is 0 Å². The lowest BCUT2D eigenvalue weighted by atomic mass is 9.47. The Labute approximate surface area is 140 Å². The van der Waals surface area contributed by atoms with Gasteiger partial charge in [0, 0.05) is 11.8 Å². The minimum absolute atomic E-state index is 0.149. The maximum Gasteiger partial charge on any atom is 0.159 e. The summed E-state index contributed by atoms with van der Waals surface area (Å²) in [5.74, 6) is 0.746. The normalized spacial score (nSPS) is 41.3. The van der Waals surface area contributed by atoms with Crippen molar-refractivity contribution in [3.05, 3.63) is 11.1 Å². The van der Waals surface area contributed by atoms with Crippen molar-refractivity contribution < 1.29 is 15.0 Å². The molecule has 2 unspecified atom stereocenters. The first-order chi connectivity index (χ1) is 10.6. The number of carbonyl (C=O) groups excluding carboxylic acids is 1. The van der Waals surface area contributed by atoms with E-state index in [2.05, 4.69) is 20.8 Å². The van der Waals surface area contributed by atoms with Crippen LogP contribution in [-0.2, 0) is 4.79 Å². The zero-order chi connectivity index (χ0) is 17.0. The highest BCUT2D eigenvalue weighted by molar-refractivity contribution is 5.98. The van der Waals surface area contributed by atoms with Gasteiger partial charge in [-0.15, -0.1) is 0 Å². The highest BCUT2D eigenvalue weighted by Gasteiger charge is 2.54. The van der Waals surface area contributed by atoms with Gasteiger partial charge in [0.25, 0.3) is 0 Å². The number of hydrogen-bond donors (Lipinski definition) is 2. The monoisotopic (exact) mass is 320 g/mol. The molecule has 3 heteroatoms. The van der Waals surface area contributed by atoms with Gasteiger partial charge in [-0.2, -0.15) is 0 Å². The number of carbonyl (C=O) groups is 1. The number of aliphatic hydroxyl groups excluding tert-OH is 2. The number of rotatable bonds is 2. The molecule has 0 bridgehead atoms. The van der Waals surface area contributed by atoms with Gasteiger partial charge in [-0.1, -0.05) is 39.7 Å². The Hall–Kier alpha value is -0.670. The van der Waals surface area contributed by atoms with Gasteiger partial charge in [0.05, 0.1) is 12.7 Å². The summed E-state index contributed by atoms with van der Waals surface area (Å²) in [6, 6.07) is 0. The lowest BCUT2D eigenvalue weighted by Gasteiger charge is -2.57. The second-order valence-corrected chi connectivity index (χ2v) is 9.43. The van der Waals surface area contributed by atoms with Crippen LogP contribution in [0.4, 0.5) is 0 Å². The summed E-state index contributed by atoms with van der Waals surface area (Å²) in [5.41, 5.74) is 2.39. The summed E-state index contributed by atoms with van der Waals surface area (Å²) in [6.45, 7) is 8.84. The SMILES string of the molecule is CC1(C)CCC[C@]2(C)C3=C(C[C@@](C)(C(O)CO)CC3)C(=O)CC12. The molecule has 0 spiro atoms. The van der Waals surface area contributed by atoms with Crippen LogP contribution in [-0.4, -0.2) is 28.7 Å². The van der Waals surface area contributed by atoms with Crippen molar-refractivity contribution in [2.45, 2.75) is 78.7 Å². The largest absolute Gasteiger partial charge is 0.394 e. The molecule has 0 radical (unpaired) electrons. The molecule has 0 aliphatic heterocycles. The van der Waals surface area contributed by atoms with E-state index in [9.17, 15) is 15.0 Å². The third-order valence-corrected chi connectivity index (χ3v) is 7.51. The highest BCUT2D eigenvalue weighted by Crippen LogP contribution is 2.62. The molecule has 0 aromatic carbocycles. The molecule has 0 saturated heterocycles. The molecule has 23 heavy (non-hydrogen) atoms. The average molecular weight is 320 g/mol. The number of hydrogen-bond acceptors (Lipinski definition) is 3. The molecule has 3 nitrogen and oxygen atoms in total. The van der Waals surface area contributed by atoms with Gasteiger partial charge in [0.2, 0.25) is 0 Å². The Morgan fingerprint density at radius 2 is 1.87 bits per heavy atom. The van der Waals surface area contributed by atoms with Crippen LogP contribution in [0.15, 0.2) is 11.1 Å². The van der Waals surface area contributed by atoms with Crippen molar-refractivity contribution in [3.63, 3.8) is 0 Å². The average Bonchev–Trinajstić information content (AvgIpc) is 2.48. The molecular formula is C20H32O3. The topological polar surface area (TPSA) is 57.5 Å². The minimum Gasteiger partial charge on any atom is -0.394 e. The van der Waals surface area contributed by atoms with Crippen LogP contribution in [0.1, 0.15) is 72.6 Å². The van der Waals surface area contributed by atoms with E-state index in [1.165, 1.54) is 24.8 Å². The summed E-state index contributed by atoms with van der Waals surface area (Å²) in [5, 5.41) is 19.6. The van der Waals surface area contributed by atoms with Crippen molar-refractivity contribution in [3.8, 4) is 0 Å². The standard InChI is InChI=1S/C20H32O3/c1-18(2)7-5-8-20(4)14-6-9-19(3,17(23)12-21)11-13(14)15(22)10-16(18)20/h16-17,21,23H,5-12H2,1-4H3/t16?,17?,19-,20+/m0/s1. The first-order valence-corrected chi connectivity index (χ1v) is 9.19. The van der Waals surface area contributed by atoms with Gasteiger partial charge in [-0.25, -0.2) is 0 Å². The minimum atomic E-state index is -0.738. The van der Waals surface area contributed by atoms with Crippen LogP contribution in [0.3, 0.4) is 0 Å². The molecule has 3 aliphatic carbocycles. The zero-order valence-corrected chi connectivity index (χ0v) is 15.1. The van der Waals surface area contributed by atoms with Gasteiger partial charge in [0.15, 0.2) is 5.78 Å². The van der Waals surface area contributed by atoms with E-state index < -0.39 is 6.10 Å². The quantitative estimate of drug-likeness (QED) is 0.817. The first-order valence-electron chi connectivity index (χ1n) is 9.19. The molecule has 1 fully saturated rings. The van der Waals surface area contributed by atoms with Crippen molar-refractivity contribution in [2.24, 2.45) is 22.2 Å². The van der Waals surface area contributed by atoms with E-state index in [0.717, 1.165) is 18.4 Å². The molecule has 130 valence electrons. The van der Waals surface area contributed by atoms with Gasteiger partial charge in [0.1, 0.15) is 0 Å². The maximum absolute atomic E-state index is 12.9. The Kier molecular flexibility index (Phi) is 4.04. The molecule has 0 aromatic heterocycles. The van der Waals surface area contributed by atoms with Crippen molar-refractivity contribution >= 4 is 5.78 Å². The first kappa shape index (κ1) is 17.2. The number of ketones is 1. The number of allylic oxidation sites excluding steroid dienone is 2. The molecule has 1 saturated carbocycles. The number of aliphatic hydroxyl groups is 2. The lowest BCUT2D eigenvalue weighted by molar-refractivity contribution is -0.123. The Morgan fingerprint density at radius 1 is 1.17 bits per heavy atom. The van der Waals surface area contributed by atoms with Crippen molar-refractivity contribution in [1.29, 1.82) is 0 Å². The molecule has 3 aliphatic rings. The third kappa shape index (κ3) is 2.51. The van der Waals surface area contributed by atoms with Gasteiger partial charge in [-0.05, 0) is 54.4 Å². The van der Waals surface area contributed by atoms with Gasteiger partial charge < -0.3 is 10.2 Å². The van der Waals surface area contributed by atoms with Crippen molar-refractivity contribution in [2.75, 3.05) is 6.61 Å². The predicted octanol–water partition coefficient (Wildman–Crippen LogP) is 3.63. The van der Waals surface area contributed by atoms with E-state index in [4.69, 9.17) is 0 Å². The third-order valence-electron chi connectivity index (χ3n) is 7.51. The van der Waals surface area contributed by atoms with Crippen molar-refractivity contribution in [1.82, 2.24) is 0 Å². The van der Waals surface area contributed by atoms with Crippen LogP contribution in [0.2, 0.25) is 0 Å². The molecule has 0 aromatic rings. The van der Waals surface area contributed by atoms with Crippen LogP contribution in [0.25, 0.3) is 0 Å². The number of fused-ring (bicyclic) bond motifs is 2. The maximum atomic E-state index is 12.9. The van der Waals surface area contributed by atoms with E-state index in [-0.39, 0.29) is 22.9 Å².